The number of halogens is 1. The van der Waals surface area contributed by atoms with E-state index in [1.165, 1.54) is 24.3 Å². The number of carbonyl (C=O) groups excluding carboxylic acids is 1. The number of ether oxygens (including phenoxy) is 2. The zero-order valence-electron chi connectivity index (χ0n) is 13.4. The van der Waals surface area contributed by atoms with Crippen molar-refractivity contribution in [1.29, 1.82) is 0 Å². The molecule has 3 rings (SSSR count). The standard InChI is InChI=1S/C18H18FN3O3/c19-13-4-9-16(10-5-13)25-18(23)22-14-6-1-12(2-7-14)3-8-15-11-24-17(20)21-15/h1-2,4-7,9-10,15H,3,8,11H2,(H2,20,21)(H,22,23)/t15-/m0/s1. The van der Waals surface area contributed by atoms with Crippen molar-refractivity contribution in [1.82, 2.24) is 0 Å². The molecule has 0 aromatic heterocycles. The molecule has 0 unspecified atom stereocenters. The number of carbonyl (C=O) groups is 1. The summed E-state index contributed by atoms with van der Waals surface area (Å²) < 4.78 is 23.0. The maximum absolute atomic E-state index is 12.8. The molecular weight excluding hydrogens is 325 g/mol. The predicted octanol–water partition coefficient (Wildman–Crippen LogP) is 3.08. The normalized spacial score (nSPS) is 16.0. The lowest BCUT2D eigenvalue weighted by Crippen LogP contribution is -2.16. The molecule has 7 heteroatoms. The van der Waals surface area contributed by atoms with Crippen LogP contribution in [-0.2, 0) is 11.2 Å². The molecule has 6 nitrogen and oxygen atoms in total. The van der Waals surface area contributed by atoms with Crippen molar-refractivity contribution >= 4 is 17.8 Å². The summed E-state index contributed by atoms with van der Waals surface area (Å²) in [7, 11) is 0. The number of nitrogens with one attached hydrogen (secondary N) is 1. The number of aryl methyl sites for hydroxylation is 1. The number of amides is 1. The van der Waals surface area contributed by atoms with E-state index >= 15 is 0 Å². The molecule has 130 valence electrons. The van der Waals surface area contributed by atoms with E-state index in [1.54, 1.807) is 12.1 Å². The van der Waals surface area contributed by atoms with Crippen LogP contribution in [0.4, 0.5) is 14.9 Å². The summed E-state index contributed by atoms with van der Waals surface area (Å²) in [5.41, 5.74) is 7.22. The van der Waals surface area contributed by atoms with Crippen LogP contribution in [0.5, 0.6) is 5.75 Å². The molecule has 1 heterocycles. The molecule has 0 aliphatic carbocycles. The third-order valence-electron chi connectivity index (χ3n) is 3.72. The molecule has 0 radical (unpaired) electrons. The SMILES string of the molecule is NC1=N[C@@H](CCc2ccc(NC(=O)Oc3ccc(F)cc3)cc2)CO1. The number of rotatable bonds is 5. The van der Waals surface area contributed by atoms with Gasteiger partial charge in [0.2, 0.25) is 0 Å². The maximum Gasteiger partial charge on any atom is 0.417 e. The second kappa shape index (κ2) is 7.65. The van der Waals surface area contributed by atoms with Crippen LogP contribution in [0, 0.1) is 5.82 Å². The Labute approximate surface area is 144 Å². The number of hydrogen-bond donors (Lipinski definition) is 2. The first-order valence-corrected chi connectivity index (χ1v) is 7.88. The Morgan fingerprint density at radius 1 is 1.24 bits per heavy atom. The molecule has 2 aromatic carbocycles. The minimum atomic E-state index is -0.632. The quantitative estimate of drug-likeness (QED) is 0.873. The second-order valence-corrected chi connectivity index (χ2v) is 5.64. The van der Waals surface area contributed by atoms with E-state index in [2.05, 4.69) is 10.3 Å². The number of aliphatic imine (C=N–C) groups is 1. The Morgan fingerprint density at radius 2 is 1.96 bits per heavy atom. The summed E-state index contributed by atoms with van der Waals surface area (Å²) in [5.74, 6) is -0.116. The molecule has 1 aliphatic rings. The van der Waals surface area contributed by atoms with Gasteiger partial charge in [0.05, 0.1) is 6.04 Å². The van der Waals surface area contributed by atoms with Gasteiger partial charge in [-0.15, -0.1) is 0 Å². The molecule has 0 bridgehead atoms. The Hall–Kier alpha value is -3.09. The third-order valence-corrected chi connectivity index (χ3v) is 3.72. The maximum atomic E-state index is 12.8. The van der Waals surface area contributed by atoms with E-state index < -0.39 is 6.09 Å². The fraction of sp³-hybridized carbons (Fsp3) is 0.222. The number of nitrogens with zero attached hydrogens (tertiary/aromatic N) is 1. The van der Waals surface area contributed by atoms with Gasteiger partial charge in [0, 0.05) is 5.69 Å². The minimum Gasteiger partial charge on any atom is -0.463 e. The first-order chi connectivity index (χ1) is 12.1. The molecule has 1 aliphatic heterocycles. The van der Waals surface area contributed by atoms with Gasteiger partial charge in [-0.2, -0.15) is 0 Å². The summed E-state index contributed by atoms with van der Waals surface area (Å²) in [6.45, 7) is 0.528. The highest BCUT2D eigenvalue weighted by Gasteiger charge is 2.16. The van der Waals surface area contributed by atoms with Crippen molar-refractivity contribution in [3.05, 3.63) is 59.9 Å². The zero-order valence-corrected chi connectivity index (χ0v) is 13.4. The second-order valence-electron chi connectivity index (χ2n) is 5.64. The zero-order chi connectivity index (χ0) is 17.6. The van der Waals surface area contributed by atoms with Gasteiger partial charge in [-0.3, -0.25) is 5.32 Å². The summed E-state index contributed by atoms with van der Waals surface area (Å²) >= 11 is 0. The van der Waals surface area contributed by atoms with Gasteiger partial charge in [-0.1, -0.05) is 12.1 Å². The minimum absolute atomic E-state index is 0.100. The first-order valence-electron chi connectivity index (χ1n) is 7.88. The molecule has 1 atom stereocenters. The third kappa shape index (κ3) is 4.94. The number of hydrogen-bond acceptors (Lipinski definition) is 5. The van der Waals surface area contributed by atoms with Crippen LogP contribution in [0.25, 0.3) is 0 Å². The summed E-state index contributed by atoms with van der Waals surface area (Å²) in [4.78, 5) is 16.0. The highest BCUT2D eigenvalue weighted by atomic mass is 19.1. The van der Waals surface area contributed by atoms with Crippen molar-refractivity contribution in [3.8, 4) is 5.75 Å². The Balaban J connectivity index is 1.48. The van der Waals surface area contributed by atoms with Crippen LogP contribution in [-0.4, -0.2) is 24.8 Å². The van der Waals surface area contributed by atoms with E-state index in [1.807, 2.05) is 12.1 Å². The van der Waals surface area contributed by atoms with Crippen LogP contribution >= 0.6 is 0 Å². The smallest absolute Gasteiger partial charge is 0.417 e. The lowest BCUT2D eigenvalue weighted by Gasteiger charge is -2.08. The van der Waals surface area contributed by atoms with Crippen molar-refractivity contribution in [3.63, 3.8) is 0 Å². The molecule has 0 saturated carbocycles. The topological polar surface area (TPSA) is 85.9 Å². The van der Waals surface area contributed by atoms with Crippen molar-refractivity contribution in [2.75, 3.05) is 11.9 Å². The number of nitrogens with two attached hydrogens (primary N) is 1. The number of amidine groups is 1. The van der Waals surface area contributed by atoms with E-state index in [4.69, 9.17) is 15.2 Å². The van der Waals surface area contributed by atoms with E-state index in [0.717, 1.165) is 18.4 Å². The van der Waals surface area contributed by atoms with Crippen molar-refractivity contribution in [2.24, 2.45) is 10.7 Å². The van der Waals surface area contributed by atoms with E-state index in [0.29, 0.717) is 12.3 Å². The first kappa shape index (κ1) is 16.8. The molecule has 0 fully saturated rings. The molecule has 1 amide bonds. The molecule has 2 aromatic rings. The lowest BCUT2D eigenvalue weighted by molar-refractivity contribution is 0.215. The molecular formula is C18H18FN3O3. The van der Waals surface area contributed by atoms with E-state index in [9.17, 15) is 9.18 Å². The van der Waals surface area contributed by atoms with Gasteiger partial charge in [0.15, 0.2) is 0 Å². The van der Waals surface area contributed by atoms with Gasteiger partial charge in [-0.05, 0) is 54.8 Å². The fourth-order valence-electron chi connectivity index (χ4n) is 2.43. The largest absolute Gasteiger partial charge is 0.463 e. The summed E-state index contributed by atoms with van der Waals surface area (Å²) in [6, 6.07) is 13.0. The Bertz CT molecular complexity index is 760. The van der Waals surface area contributed by atoms with Gasteiger partial charge in [0.25, 0.3) is 6.02 Å². The molecule has 3 N–H and O–H groups in total. The van der Waals surface area contributed by atoms with Crippen molar-refractivity contribution < 1.29 is 18.7 Å². The van der Waals surface area contributed by atoms with Gasteiger partial charge < -0.3 is 15.2 Å². The molecule has 0 saturated heterocycles. The highest BCUT2D eigenvalue weighted by Crippen LogP contribution is 2.16. The number of benzene rings is 2. The van der Waals surface area contributed by atoms with E-state index in [-0.39, 0.29) is 23.6 Å². The average Bonchev–Trinajstić information content (AvgIpc) is 3.02. The monoisotopic (exact) mass is 343 g/mol. The van der Waals surface area contributed by atoms with Crippen LogP contribution in [0.2, 0.25) is 0 Å². The van der Waals surface area contributed by atoms with Crippen molar-refractivity contribution in [2.45, 2.75) is 18.9 Å². The highest BCUT2D eigenvalue weighted by molar-refractivity contribution is 5.86. The van der Waals surface area contributed by atoms with Crippen LogP contribution in [0.3, 0.4) is 0 Å². The predicted molar refractivity (Wildman–Crippen MR) is 92.2 cm³/mol. The summed E-state index contributed by atoms with van der Waals surface area (Å²) in [5, 5.41) is 2.62. The van der Waals surface area contributed by atoms with Gasteiger partial charge in [0.1, 0.15) is 18.2 Å². The Morgan fingerprint density at radius 3 is 2.60 bits per heavy atom. The van der Waals surface area contributed by atoms with Crippen LogP contribution in [0.1, 0.15) is 12.0 Å². The Kier molecular flexibility index (Phi) is 5.13. The molecule has 25 heavy (non-hydrogen) atoms. The summed E-state index contributed by atoms with van der Waals surface area (Å²) in [6.07, 6.45) is 1.05. The fourth-order valence-corrected chi connectivity index (χ4v) is 2.43. The lowest BCUT2D eigenvalue weighted by atomic mass is 10.1. The van der Waals surface area contributed by atoms with Crippen LogP contribution < -0.4 is 15.8 Å². The van der Waals surface area contributed by atoms with Gasteiger partial charge >= 0.3 is 6.09 Å². The van der Waals surface area contributed by atoms with Gasteiger partial charge in [-0.25, -0.2) is 14.2 Å². The number of anilines is 1. The molecule has 0 spiro atoms. The van der Waals surface area contributed by atoms with Crippen LogP contribution in [0.15, 0.2) is 53.5 Å². The average molecular weight is 343 g/mol.